The van der Waals surface area contributed by atoms with Crippen molar-refractivity contribution >= 4 is 45.9 Å². The summed E-state index contributed by atoms with van der Waals surface area (Å²) in [4.78, 5) is 11.9. The van der Waals surface area contributed by atoms with Crippen molar-refractivity contribution in [2.45, 2.75) is 12.1 Å². The third kappa shape index (κ3) is 3.69. The van der Waals surface area contributed by atoms with Gasteiger partial charge in [-0.3, -0.25) is 4.79 Å². The zero-order chi connectivity index (χ0) is 13.8. The second kappa shape index (κ2) is 6.38. The lowest BCUT2D eigenvalue weighted by Gasteiger charge is -2.06. The van der Waals surface area contributed by atoms with Gasteiger partial charge >= 0.3 is 0 Å². The van der Waals surface area contributed by atoms with Gasteiger partial charge in [-0.2, -0.15) is 0 Å². The van der Waals surface area contributed by atoms with Crippen molar-refractivity contribution in [1.82, 2.24) is 14.8 Å². The fraction of sp³-hybridized carbons (Fsp3) is 0.250. The van der Waals surface area contributed by atoms with Gasteiger partial charge in [0.05, 0.1) is 11.4 Å². The summed E-state index contributed by atoms with van der Waals surface area (Å²) in [7, 11) is 1.88. The highest BCUT2D eigenvalue weighted by atomic mass is 127. The maximum absolute atomic E-state index is 11.9. The fourth-order valence-electron chi connectivity index (χ4n) is 1.39. The molecule has 0 atom stereocenters. The summed E-state index contributed by atoms with van der Waals surface area (Å²) >= 11 is 3.57. The Morgan fingerprint density at radius 2 is 2.16 bits per heavy atom. The minimum Gasteiger partial charge on any atom is -0.324 e. The SMILES string of the molecule is Cc1nnc(SCC(=O)Nc2ccccc2I)n1C. The molecule has 1 N–H and O–H groups in total. The molecule has 0 spiro atoms. The first-order valence-electron chi connectivity index (χ1n) is 5.61. The molecule has 1 heterocycles. The molecule has 0 aliphatic heterocycles. The largest absolute Gasteiger partial charge is 0.324 e. The number of rotatable bonds is 4. The lowest BCUT2D eigenvalue weighted by Crippen LogP contribution is -2.15. The summed E-state index contributed by atoms with van der Waals surface area (Å²) in [6.07, 6.45) is 0. The Labute approximate surface area is 129 Å². The number of carbonyl (C=O) groups excluding carboxylic acids is 1. The molecule has 0 fully saturated rings. The van der Waals surface area contributed by atoms with E-state index in [1.165, 1.54) is 11.8 Å². The van der Waals surface area contributed by atoms with Crippen LogP contribution >= 0.6 is 34.4 Å². The molecule has 2 rings (SSSR count). The van der Waals surface area contributed by atoms with Crippen molar-refractivity contribution in [2.24, 2.45) is 7.05 Å². The zero-order valence-electron chi connectivity index (χ0n) is 10.6. The van der Waals surface area contributed by atoms with Crippen LogP contribution in [0.4, 0.5) is 5.69 Å². The number of aryl methyl sites for hydroxylation is 1. The lowest BCUT2D eigenvalue weighted by atomic mass is 10.3. The van der Waals surface area contributed by atoms with Crippen LogP contribution in [-0.2, 0) is 11.8 Å². The monoisotopic (exact) mass is 388 g/mol. The number of nitrogens with one attached hydrogen (secondary N) is 1. The van der Waals surface area contributed by atoms with Crippen LogP contribution in [0.1, 0.15) is 5.82 Å². The topological polar surface area (TPSA) is 59.8 Å². The molecule has 1 aromatic carbocycles. The standard InChI is InChI=1S/C12H13IN4OS/c1-8-15-16-12(17(8)2)19-7-11(18)14-10-6-4-3-5-9(10)13/h3-6H,7H2,1-2H3,(H,14,18). The summed E-state index contributed by atoms with van der Waals surface area (Å²) in [6.45, 7) is 1.88. The minimum atomic E-state index is -0.0465. The van der Waals surface area contributed by atoms with Crippen LogP contribution in [0, 0.1) is 10.5 Å². The Morgan fingerprint density at radius 1 is 1.42 bits per heavy atom. The highest BCUT2D eigenvalue weighted by Gasteiger charge is 2.10. The van der Waals surface area contributed by atoms with E-state index in [1.54, 1.807) is 0 Å². The van der Waals surface area contributed by atoms with Gasteiger partial charge in [-0.15, -0.1) is 10.2 Å². The predicted octanol–water partition coefficient (Wildman–Crippen LogP) is 2.46. The molecule has 0 unspecified atom stereocenters. The summed E-state index contributed by atoms with van der Waals surface area (Å²) in [5.41, 5.74) is 0.836. The van der Waals surface area contributed by atoms with Crippen LogP contribution in [0.2, 0.25) is 0 Å². The smallest absolute Gasteiger partial charge is 0.234 e. The van der Waals surface area contributed by atoms with Crippen LogP contribution in [0.25, 0.3) is 0 Å². The highest BCUT2D eigenvalue weighted by molar-refractivity contribution is 14.1. The van der Waals surface area contributed by atoms with E-state index in [9.17, 15) is 4.79 Å². The maximum atomic E-state index is 11.9. The molecule has 100 valence electrons. The number of hydrogen-bond acceptors (Lipinski definition) is 4. The Morgan fingerprint density at radius 3 is 2.79 bits per heavy atom. The number of anilines is 1. The van der Waals surface area contributed by atoms with Crippen molar-refractivity contribution in [1.29, 1.82) is 0 Å². The van der Waals surface area contributed by atoms with Crippen LogP contribution < -0.4 is 5.32 Å². The molecule has 0 radical (unpaired) electrons. The van der Waals surface area contributed by atoms with Crippen molar-refractivity contribution in [3.8, 4) is 0 Å². The number of amides is 1. The third-order valence-electron chi connectivity index (χ3n) is 2.53. The molecule has 0 aliphatic rings. The normalized spacial score (nSPS) is 10.5. The molecule has 0 aliphatic carbocycles. The lowest BCUT2D eigenvalue weighted by molar-refractivity contribution is -0.113. The van der Waals surface area contributed by atoms with Gasteiger partial charge in [0, 0.05) is 10.6 Å². The number of aromatic nitrogens is 3. The first kappa shape index (κ1) is 14.3. The number of nitrogens with zero attached hydrogens (tertiary/aromatic N) is 3. The summed E-state index contributed by atoms with van der Waals surface area (Å²) in [5.74, 6) is 1.10. The number of thioether (sulfide) groups is 1. The quantitative estimate of drug-likeness (QED) is 0.646. The van der Waals surface area contributed by atoms with Crippen LogP contribution in [0.15, 0.2) is 29.4 Å². The van der Waals surface area contributed by atoms with Gasteiger partial charge in [-0.1, -0.05) is 23.9 Å². The van der Waals surface area contributed by atoms with Gasteiger partial charge in [-0.05, 0) is 41.6 Å². The first-order valence-corrected chi connectivity index (χ1v) is 7.67. The van der Waals surface area contributed by atoms with Crippen molar-refractivity contribution in [2.75, 3.05) is 11.1 Å². The molecule has 1 amide bonds. The van der Waals surface area contributed by atoms with E-state index >= 15 is 0 Å². The number of carbonyl (C=O) groups is 1. The van der Waals surface area contributed by atoms with Gasteiger partial charge in [0.1, 0.15) is 5.82 Å². The Kier molecular flexibility index (Phi) is 4.81. The van der Waals surface area contributed by atoms with Crippen LogP contribution in [0.3, 0.4) is 0 Å². The van der Waals surface area contributed by atoms with Crippen LogP contribution in [-0.4, -0.2) is 26.4 Å². The van der Waals surface area contributed by atoms with E-state index in [4.69, 9.17) is 0 Å². The number of para-hydroxylation sites is 1. The molecule has 1 aromatic heterocycles. The van der Waals surface area contributed by atoms with Gasteiger partial charge in [0.25, 0.3) is 0 Å². The van der Waals surface area contributed by atoms with E-state index in [-0.39, 0.29) is 5.91 Å². The molecule has 5 nitrogen and oxygen atoms in total. The van der Waals surface area contributed by atoms with Gasteiger partial charge in [0.15, 0.2) is 5.16 Å². The Hall–Kier alpha value is -1.09. The van der Waals surface area contributed by atoms with E-state index in [0.29, 0.717) is 5.75 Å². The number of benzene rings is 1. The zero-order valence-corrected chi connectivity index (χ0v) is 13.5. The Bertz CT molecular complexity index is 599. The molecule has 0 saturated heterocycles. The summed E-state index contributed by atoms with van der Waals surface area (Å²) < 4.78 is 2.89. The van der Waals surface area contributed by atoms with Crippen molar-refractivity contribution in [3.05, 3.63) is 33.7 Å². The first-order chi connectivity index (χ1) is 9.08. The van der Waals surface area contributed by atoms with Gasteiger partial charge < -0.3 is 9.88 Å². The molecule has 0 bridgehead atoms. The average Bonchev–Trinajstić information content (AvgIpc) is 2.70. The predicted molar refractivity (Wildman–Crippen MR) is 84.3 cm³/mol. The second-order valence-corrected chi connectivity index (χ2v) is 6.01. The van der Waals surface area contributed by atoms with Crippen molar-refractivity contribution in [3.63, 3.8) is 0 Å². The summed E-state index contributed by atoms with van der Waals surface area (Å²) in [6, 6.07) is 7.68. The average molecular weight is 388 g/mol. The summed E-state index contributed by atoms with van der Waals surface area (Å²) in [5, 5.41) is 11.6. The molecule has 19 heavy (non-hydrogen) atoms. The minimum absolute atomic E-state index is 0.0465. The fourth-order valence-corrected chi connectivity index (χ4v) is 2.67. The molecule has 7 heteroatoms. The molecular formula is C12H13IN4OS. The van der Waals surface area contributed by atoms with Gasteiger partial charge in [0.2, 0.25) is 5.91 Å². The van der Waals surface area contributed by atoms with E-state index < -0.39 is 0 Å². The van der Waals surface area contributed by atoms with Crippen LogP contribution in [0.5, 0.6) is 0 Å². The van der Waals surface area contributed by atoms with E-state index in [0.717, 1.165) is 20.2 Å². The molecular weight excluding hydrogens is 375 g/mol. The maximum Gasteiger partial charge on any atom is 0.234 e. The number of hydrogen-bond donors (Lipinski definition) is 1. The third-order valence-corrected chi connectivity index (χ3v) is 4.49. The van der Waals surface area contributed by atoms with Crippen molar-refractivity contribution < 1.29 is 4.79 Å². The highest BCUT2D eigenvalue weighted by Crippen LogP contribution is 2.19. The Balaban J connectivity index is 1.92. The number of halogens is 1. The van der Waals surface area contributed by atoms with Gasteiger partial charge in [-0.25, -0.2) is 0 Å². The molecule has 2 aromatic rings. The molecule has 0 saturated carbocycles. The van der Waals surface area contributed by atoms with E-state index in [1.807, 2.05) is 42.8 Å². The van der Waals surface area contributed by atoms with E-state index in [2.05, 4.69) is 38.1 Å². The second-order valence-electron chi connectivity index (χ2n) is 3.91.